The number of aryl methyl sites for hydroxylation is 1. The minimum absolute atomic E-state index is 0.0152. The average Bonchev–Trinajstić information content (AvgIpc) is 2.49. The van der Waals surface area contributed by atoms with E-state index >= 15 is 0 Å². The first-order valence-electron chi connectivity index (χ1n) is 6.17. The summed E-state index contributed by atoms with van der Waals surface area (Å²) in [6, 6.07) is 6.94. The van der Waals surface area contributed by atoms with Gasteiger partial charge in [-0.3, -0.25) is 4.72 Å². The molecular weight excluding hydrogens is 328 g/mol. The lowest BCUT2D eigenvalue weighted by Gasteiger charge is -2.09. The van der Waals surface area contributed by atoms with Gasteiger partial charge in [-0.2, -0.15) is 0 Å². The quantitative estimate of drug-likeness (QED) is 0.865. The fraction of sp³-hybridized carbons (Fsp3) is 0.143. The first-order chi connectivity index (χ1) is 10.3. The van der Waals surface area contributed by atoms with Gasteiger partial charge in [-0.15, -0.1) is 0 Å². The van der Waals surface area contributed by atoms with E-state index in [1.54, 1.807) is 13.0 Å². The summed E-state index contributed by atoms with van der Waals surface area (Å²) in [5.41, 5.74) is 1.07. The van der Waals surface area contributed by atoms with E-state index in [0.29, 0.717) is 0 Å². The number of anilines is 1. The second kappa shape index (κ2) is 6.33. The molecule has 22 heavy (non-hydrogen) atoms. The fourth-order valence-corrected chi connectivity index (χ4v) is 3.04. The van der Waals surface area contributed by atoms with E-state index in [9.17, 15) is 13.2 Å². The number of esters is 1. The number of benzene rings is 1. The number of nitrogens with zero attached hydrogens (tertiary/aromatic N) is 1. The summed E-state index contributed by atoms with van der Waals surface area (Å²) in [6.07, 6.45) is 1.50. The number of pyridine rings is 1. The molecule has 0 atom stereocenters. The lowest BCUT2D eigenvalue weighted by Crippen LogP contribution is -2.14. The Bertz CT molecular complexity index is 804. The summed E-state index contributed by atoms with van der Waals surface area (Å²) in [5.74, 6) is -0.496. The van der Waals surface area contributed by atoms with Gasteiger partial charge < -0.3 is 4.74 Å². The number of methoxy groups -OCH3 is 1. The maximum absolute atomic E-state index is 12.3. The highest BCUT2D eigenvalue weighted by Gasteiger charge is 2.17. The van der Waals surface area contributed by atoms with Gasteiger partial charge in [0.05, 0.1) is 22.6 Å². The maximum Gasteiger partial charge on any atom is 0.337 e. The van der Waals surface area contributed by atoms with Crippen LogP contribution in [0.15, 0.2) is 41.4 Å². The van der Waals surface area contributed by atoms with E-state index in [0.717, 1.165) is 5.56 Å². The van der Waals surface area contributed by atoms with Crippen molar-refractivity contribution in [1.82, 2.24) is 4.98 Å². The molecule has 0 amide bonds. The molecule has 0 radical (unpaired) electrons. The number of hydrogen-bond acceptors (Lipinski definition) is 5. The predicted molar refractivity (Wildman–Crippen MR) is 82.6 cm³/mol. The van der Waals surface area contributed by atoms with Crippen LogP contribution in [0.1, 0.15) is 15.9 Å². The Morgan fingerprint density at radius 1 is 1.27 bits per heavy atom. The molecule has 0 aliphatic carbocycles. The van der Waals surface area contributed by atoms with Crippen LogP contribution in [0.2, 0.25) is 5.02 Å². The zero-order valence-corrected chi connectivity index (χ0v) is 13.4. The number of nitrogens with one attached hydrogen (secondary N) is 1. The van der Waals surface area contributed by atoms with Crippen molar-refractivity contribution in [2.45, 2.75) is 11.8 Å². The lowest BCUT2D eigenvalue weighted by atomic mass is 10.2. The van der Waals surface area contributed by atoms with Gasteiger partial charge in [0.15, 0.2) is 5.82 Å². The molecule has 0 saturated heterocycles. The number of hydrogen-bond donors (Lipinski definition) is 1. The Balaban J connectivity index is 2.28. The molecule has 8 heteroatoms. The minimum Gasteiger partial charge on any atom is -0.465 e. The predicted octanol–water partition coefficient (Wildman–Crippen LogP) is 2.63. The van der Waals surface area contributed by atoms with Gasteiger partial charge in [-0.25, -0.2) is 18.2 Å². The Kier molecular flexibility index (Phi) is 4.68. The number of aromatic nitrogens is 1. The first kappa shape index (κ1) is 16.3. The van der Waals surface area contributed by atoms with Crippen molar-refractivity contribution in [1.29, 1.82) is 0 Å². The van der Waals surface area contributed by atoms with Crippen LogP contribution in [0.25, 0.3) is 0 Å². The van der Waals surface area contributed by atoms with Crippen molar-refractivity contribution in [2.75, 3.05) is 11.8 Å². The van der Waals surface area contributed by atoms with Gasteiger partial charge in [0.2, 0.25) is 0 Å². The molecule has 0 unspecified atom stereocenters. The second-order valence-corrected chi connectivity index (χ2v) is 6.55. The summed E-state index contributed by atoms with van der Waals surface area (Å²) in [5, 5.41) is 0.203. The van der Waals surface area contributed by atoms with Gasteiger partial charge in [0.1, 0.15) is 0 Å². The molecule has 116 valence electrons. The Morgan fingerprint density at radius 3 is 2.45 bits per heavy atom. The van der Waals surface area contributed by atoms with E-state index < -0.39 is 16.0 Å². The Labute approximate surface area is 133 Å². The van der Waals surface area contributed by atoms with E-state index in [1.165, 1.54) is 37.6 Å². The van der Waals surface area contributed by atoms with Crippen LogP contribution in [0.5, 0.6) is 0 Å². The fourth-order valence-electron chi connectivity index (χ4n) is 1.68. The molecule has 0 saturated carbocycles. The summed E-state index contributed by atoms with van der Waals surface area (Å²) in [7, 11) is -2.60. The number of carbonyl (C=O) groups is 1. The molecule has 2 rings (SSSR count). The zero-order chi connectivity index (χ0) is 16.3. The highest BCUT2D eigenvalue weighted by molar-refractivity contribution is 7.92. The number of sulfonamides is 1. The standard InChI is InChI=1S/C14H13ClN2O4S/c1-9-7-12(15)13(16-8-9)17-22(19,20)11-5-3-10(4-6-11)14(18)21-2/h3-8H,1-2H3,(H,16,17). The molecule has 1 aromatic carbocycles. The normalized spacial score (nSPS) is 11.0. The number of rotatable bonds is 4. The van der Waals surface area contributed by atoms with Gasteiger partial charge in [0, 0.05) is 6.20 Å². The van der Waals surface area contributed by atoms with E-state index in [2.05, 4.69) is 14.4 Å². The third kappa shape index (κ3) is 3.55. The van der Waals surface area contributed by atoms with Crippen molar-refractivity contribution in [3.8, 4) is 0 Å². The van der Waals surface area contributed by atoms with Crippen molar-refractivity contribution in [3.63, 3.8) is 0 Å². The van der Waals surface area contributed by atoms with Crippen LogP contribution in [0.4, 0.5) is 5.82 Å². The molecule has 0 aliphatic heterocycles. The topological polar surface area (TPSA) is 85.4 Å². The largest absolute Gasteiger partial charge is 0.465 e. The van der Waals surface area contributed by atoms with Crippen LogP contribution in [0.3, 0.4) is 0 Å². The summed E-state index contributed by atoms with van der Waals surface area (Å²) in [6.45, 7) is 1.79. The third-order valence-electron chi connectivity index (χ3n) is 2.79. The first-order valence-corrected chi connectivity index (χ1v) is 8.03. The number of carbonyl (C=O) groups excluding carboxylic acids is 1. The van der Waals surface area contributed by atoms with Crippen LogP contribution < -0.4 is 4.72 Å². The SMILES string of the molecule is COC(=O)c1ccc(S(=O)(=O)Nc2ncc(C)cc2Cl)cc1. The summed E-state index contributed by atoms with van der Waals surface area (Å²) in [4.78, 5) is 15.3. The molecule has 2 aromatic rings. The molecule has 1 heterocycles. The lowest BCUT2D eigenvalue weighted by molar-refractivity contribution is 0.0600. The molecule has 0 fully saturated rings. The monoisotopic (exact) mass is 340 g/mol. The smallest absolute Gasteiger partial charge is 0.337 e. The maximum atomic E-state index is 12.3. The van der Waals surface area contributed by atoms with Crippen LogP contribution in [-0.2, 0) is 14.8 Å². The molecule has 0 aliphatic rings. The van der Waals surface area contributed by atoms with Crippen molar-refractivity contribution >= 4 is 33.4 Å². The highest BCUT2D eigenvalue weighted by atomic mass is 35.5. The third-order valence-corrected chi connectivity index (χ3v) is 4.44. The second-order valence-electron chi connectivity index (χ2n) is 4.46. The Hall–Kier alpha value is -2.12. The van der Waals surface area contributed by atoms with Gasteiger partial charge >= 0.3 is 5.97 Å². The zero-order valence-electron chi connectivity index (χ0n) is 11.8. The van der Waals surface area contributed by atoms with Crippen LogP contribution in [-0.4, -0.2) is 26.5 Å². The van der Waals surface area contributed by atoms with Crippen molar-refractivity contribution in [2.24, 2.45) is 0 Å². The summed E-state index contributed by atoms with van der Waals surface area (Å²) >= 11 is 5.96. The summed E-state index contributed by atoms with van der Waals surface area (Å²) < 4.78 is 31.4. The molecule has 0 spiro atoms. The molecule has 0 bridgehead atoms. The van der Waals surface area contributed by atoms with E-state index in [-0.39, 0.29) is 21.3 Å². The highest BCUT2D eigenvalue weighted by Crippen LogP contribution is 2.23. The minimum atomic E-state index is -3.85. The molecule has 1 N–H and O–H groups in total. The number of ether oxygens (including phenoxy) is 1. The number of halogens is 1. The van der Waals surface area contributed by atoms with E-state index in [4.69, 9.17) is 11.6 Å². The molecule has 6 nitrogen and oxygen atoms in total. The average molecular weight is 341 g/mol. The van der Waals surface area contributed by atoms with Gasteiger partial charge in [0.25, 0.3) is 10.0 Å². The van der Waals surface area contributed by atoms with Crippen molar-refractivity contribution < 1.29 is 17.9 Å². The molecular formula is C14H13ClN2O4S. The van der Waals surface area contributed by atoms with E-state index in [1.807, 2.05) is 0 Å². The van der Waals surface area contributed by atoms with Crippen LogP contribution >= 0.6 is 11.6 Å². The Morgan fingerprint density at radius 2 is 1.91 bits per heavy atom. The van der Waals surface area contributed by atoms with Gasteiger partial charge in [-0.05, 0) is 42.8 Å². The molecule has 1 aromatic heterocycles. The van der Waals surface area contributed by atoms with Gasteiger partial charge in [-0.1, -0.05) is 11.6 Å². The van der Waals surface area contributed by atoms with Crippen molar-refractivity contribution in [3.05, 3.63) is 52.7 Å². The van der Waals surface area contributed by atoms with Crippen LogP contribution in [0, 0.1) is 6.92 Å².